The van der Waals surface area contributed by atoms with Gasteiger partial charge in [-0.25, -0.2) is 4.39 Å². The van der Waals surface area contributed by atoms with Crippen molar-refractivity contribution in [2.24, 2.45) is 0 Å². The van der Waals surface area contributed by atoms with Crippen molar-refractivity contribution in [1.29, 1.82) is 0 Å². The van der Waals surface area contributed by atoms with Crippen LogP contribution >= 0.6 is 0 Å². The van der Waals surface area contributed by atoms with Gasteiger partial charge in [-0.2, -0.15) is 26.3 Å². The first-order chi connectivity index (χ1) is 7.50. The standard InChI is InChI=1S/C9H4F7O/c10-6-3-1-5(2-4-6)7(17,8(11,12)13)9(14,15)16/h1-4H/q-1. The summed E-state index contributed by atoms with van der Waals surface area (Å²) in [4.78, 5) is 0. The Morgan fingerprint density at radius 3 is 1.41 bits per heavy atom. The molecule has 0 aliphatic rings. The number of halogens is 7. The van der Waals surface area contributed by atoms with Gasteiger partial charge in [-0.05, 0) is 17.7 Å². The van der Waals surface area contributed by atoms with Crippen LogP contribution in [0.25, 0.3) is 0 Å². The van der Waals surface area contributed by atoms with Crippen molar-refractivity contribution < 1.29 is 35.8 Å². The number of rotatable bonds is 1. The molecule has 0 aliphatic heterocycles. The van der Waals surface area contributed by atoms with E-state index in [-0.39, 0.29) is 12.1 Å². The monoisotopic (exact) mass is 261 g/mol. The van der Waals surface area contributed by atoms with Gasteiger partial charge in [0, 0.05) is 0 Å². The van der Waals surface area contributed by atoms with Crippen molar-refractivity contribution >= 4 is 0 Å². The lowest BCUT2D eigenvalue weighted by molar-refractivity contribution is -0.604. The van der Waals surface area contributed by atoms with Gasteiger partial charge in [-0.1, -0.05) is 12.1 Å². The molecule has 0 amide bonds. The minimum absolute atomic E-state index is 0.170. The summed E-state index contributed by atoms with van der Waals surface area (Å²) < 4.78 is 86.0. The van der Waals surface area contributed by atoms with Crippen LogP contribution < -0.4 is 5.11 Å². The van der Waals surface area contributed by atoms with Crippen LogP contribution in [0.4, 0.5) is 30.7 Å². The van der Waals surface area contributed by atoms with E-state index in [0.29, 0.717) is 12.1 Å². The fourth-order valence-electron chi connectivity index (χ4n) is 1.17. The molecule has 8 heteroatoms. The normalized spacial score (nSPS) is 13.9. The third-order valence-electron chi connectivity index (χ3n) is 2.05. The fourth-order valence-corrected chi connectivity index (χ4v) is 1.17. The highest BCUT2D eigenvalue weighted by Crippen LogP contribution is 2.47. The molecule has 0 radical (unpaired) electrons. The zero-order chi connectivity index (χ0) is 13.5. The van der Waals surface area contributed by atoms with Crippen LogP contribution in [0.2, 0.25) is 0 Å². The second-order valence-electron chi connectivity index (χ2n) is 3.18. The van der Waals surface area contributed by atoms with Gasteiger partial charge < -0.3 is 5.11 Å². The first-order valence-electron chi connectivity index (χ1n) is 4.10. The molecule has 0 unspecified atom stereocenters. The first kappa shape index (κ1) is 13.8. The molecule has 0 saturated carbocycles. The van der Waals surface area contributed by atoms with Gasteiger partial charge >= 0.3 is 12.4 Å². The Morgan fingerprint density at radius 2 is 1.12 bits per heavy atom. The Kier molecular flexibility index (Phi) is 3.13. The van der Waals surface area contributed by atoms with Crippen molar-refractivity contribution in [2.45, 2.75) is 18.0 Å². The van der Waals surface area contributed by atoms with Crippen molar-refractivity contribution in [1.82, 2.24) is 0 Å². The summed E-state index contributed by atoms with van der Waals surface area (Å²) in [6.07, 6.45) is -12.1. The van der Waals surface area contributed by atoms with Gasteiger partial charge in [0.1, 0.15) is 11.4 Å². The van der Waals surface area contributed by atoms with E-state index in [1.54, 1.807) is 0 Å². The van der Waals surface area contributed by atoms with E-state index in [4.69, 9.17) is 0 Å². The van der Waals surface area contributed by atoms with Crippen molar-refractivity contribution in [2.75, 3.05) is 0 Å². The van der Waals surface area contributed by atoms with Crippen LogP contribution in [0.15, 0.2) is 24.3 Å². The average molecular weight is 261 g/mol. The van der Waals surface area contributed by atoms with Crippen LogP contribution in [0.5, 0.6) is 0 Å². The Labute approximate surface area is 90.5 Å². The molecule has 1 nitrogen and oxygen atoms in total. The van der Waals surface area contributed by atoms with Crippen LogP contribution in [0.3, 0.4) is 0 Å². The summed E-state index contributed by atoms with van der Waals surface area (Å²) >= 11 is 0. The number of alkyl halides is 6. The zero-order valence-electron chi connectivity index (χ0n) is 7.86. The maximum atomic E-state index is 12.4. The molecule has 0 spiro atoms. The summed E-state index contributed by atoms with van der Waals surface area (Å²) in [5.74, 6) is -1.04. The lowest BCUT2D eigenvalue weighted by Gasteiger charge is -2.43. The maximum Gasteiger partial charge on any atom is 0.392 e. The van der Waals surface area contributed by atoms with E-state index in [1.807, 2.05) is 0 Å². The molecule has 1 rings (SSSR count). The molecular weight excluding hydrogens is 257 g/mol. The van der Waals surface area contributed by atoms with E-state index in [2.05, 4.69) is 0 Å². The van der Waals surface area contributed by atoms with E-state index < -0.39 is 29.3 Å². The number of benzene rings is 1. The minimum Gasteiger partial charge on any atom is -0.833 e. The Bertz CT molecular complexity index is 375. The van der Waals surface area contributed by atoms with Gasteiger partial charge in [0.25, 0.3) is 0 Å². The quantitative estimate of drug-likeness (QED) is 0.712. The SMILES string of the molecule is [O-]C(c1ccc(F)cc1)(C(F)(F)F)C(F)(F)F. The molecule has 0 bridgehead atoms. The Balaban J connectivity index is 3.41. The van der Waals surface area contributed by atoms with Crippen LogP contribution in [-0.2, 0) is 5.60 Å². The van der Waals surface area contributed by atoms with Crippen LogP contribution in [0, 0.1) is 5.82 Å². The van der Waals surface area contributed by atoms with E-state index >= 15 is 0 Å². The van der Waals surface area contributed by atoms with Crippen LogP contribution in [0.1, 0.15) is 5.56 Å². The number of hydrogen-bond donors (Lipinski definition) is 0. The minimum atomic E-state index is -6.07. The van der Waals surface area contributed by atoms with E-state index in [1.165, 1.54) is 0 Å². The largest absolute Gasteiger partial charge is 0.833 e. The molecule has 0 atom stereocenters. The highest BCUT2D eigenvalue weighted by Gasteiger charge is 2.62. The highest BCUT2D eigenvalue weighted by atomic mass is 19.4. The molecule has 0 aromatic heterocycles. The lowest BCUT2D eigenvalue weighted by atomic mass is 9.92. The van der Waals surface area contributed by atoms with Gasteiger partial charge in [0.2, 0.25) is 0 Å². The lowest BCUT2D eigenvalue weighted by Crippen LogP contribution is -2.63. The zero-order valence-corrected chi connectivity index (χ0v) is 7.86. The topological polar surface area (TPSA) is 23.1 Å². The Hall–Kier alpha value is -1.31. The summed E-state index contributed by atoms with van der Waals surface area (Å²) in [7, 11) is 0. The van der Waals surface area contributed by atoms with Crippen molar-refractivity contribution in [3.63, 3.8) is 0 Å². The third kappa shape index (κ3) is 2.21. The van der Waals surface area contributed by atoms with E-state index in [0.717, 1.165) is 0 Å². The number of hydrogen-bond acceptors (Lipinski definition) is 1. The van der Waals surface area contributed by atoms with E-state index in [9.17, 15) is 35.8 Å². The highest BCUT2D eigenvalue weighted by molar-refractivity contribution is 5.26. The average Bonchev–Trinajstić information content (AvgIpc) is 2.14. The molecule has 0 heterocycles. The summed E-state index contributed by atoms with van der Waals surface area (Å²) in [5, 5.41) is 11.1. The smallest absolute Gasteiger partial charge is 0.392 e. The fraction of sp³-hybridized carbons (Fsp3) is 0.333. The van der Waals surface area contributed by atoms with Crippen molar-refractivity contribution in [3.05, 3.63) is 35.6 Å². The summed E-state index contributed by atoms with van der Waals surface area (Å²) in [6.45, 7) is 0. The second-order valence-corrected chi connectivity index (χ2v) is 3.18. The van der Waals surface area contributed by atoms with Gasteiger partial charge in [-0.3, -0.25) is 0 Å². The van der Waals surface area contributed by atoms with Crippen LogP contribution in [-0.4, -0.2) is 12.4 Å². The third-order valence-corrected chi connectivity index (χ3v) is 2.05. The second kappa shape index (κ2) is 3.86. The molecular formula is C9H4F7O-. The maximum absolute atomic E-state index is 12.4. The molecule has 0 aliphatic carbocycles. The molecule has 17 heavy (non-hydrogen) atoms. The molecule has 1 aromatic carbocycles. The molecule has 0 saturated heterocycles. The summed E-state index contributed by atoms with van der Waals surface area (Å²) in [5.41, 5.74) is -6.85. The molecule has 0 fully saturated rings. The molecule has 1 aromatic rings. The van der Waals surface area contributed by atoms with Gasteiger partial charge in [0.05, 0.1) is 0 Å². The molecule has 0 N–H and O–H groups in total. The predicted octanol–water partition coefficient (Wildman–Crippen LogP) is 2.51. The predicted molar refractivity (Wildman–Crippen MR) is 40.2 cm³/mol. The first-order valence-corrected chi connectivity index (χ1v) is 4.10. The summed E-state index contributed by atoms with van der Waals surface area (Å²) in [6, 6.07) is 1.06. The van der Waals surface area contributed by atoms with Gasteiger partial charge in [0.15, 0.2) is 0 Å². The van der Waals surface area contributed by atoms with Crippen molar-refractivity contribution in [3.8, 4) is 0 Å². The Morgan fingerprint density at radius 1 is 0.765 bits per heavy atom. The molecule has 96 valence electrons. The van der Waals surface area contributed by atoms with Gasteiger partial charge in [-0.15, -0.1) is 0 Å².